The monoisotopic (exact) mass is 365 g/mol. The highest BCUT2D eigenvalue weighted by molar-refractivity contribution is 7.09. The number of rotatable bonds is 5. The molecule has 0 aromatic carbocycles. The fourth-order valence-electron chi connectivity index (χ4n) is 3.42. The fraction of sp³-hybridized carbons (Fsp3) is 0.789. The van der Waals surface area contributed by atoms with Crippen molar-refractivity contribution in [2.45, 2.75) is 64.5 Å². The van der Waals surface area contributed by atoms with Crippen LogP contribution in [0.1, 0.15) is 57.2 Å². The van der Waals surface area contributed by atoms with Crippen LogP contribution < -0.4 is 0 Å². The summed E-state index contributed by atoms with van der Waals surface area (Å²) in [6.45, 7) is 11.9. The number of aromatic nitrogens is 1. The minimum absolute atomic E-state index is 0.122. The summed E-state index contributed by atoms with van der Waals surface area (Å²) in [5, 5.41) is 3.38. The van der Waals surface area contributed by atoms with E-state index in [1.807, 2.05) is 4.90 Å². The van der Waals surface area contributed by atoms with Crippen LogP contribution in [0.3, 0.4) is 0 Å². The van der Waals surface area contributed by atoms with E-state index in [2.05, 4.69) is 31.1 Å². The predicted octanol–water partition coefficient (Wildman–Crippen LogP) is 3.04. The number of carbonyl (C=O) groups is 1. The van der Waals surface area contributed by atoms with Crippen LogP contribution in [0, 0.1) is 0 Å². The Labute approximate surface area is 155 Å². The highest BCUT2D eigenvalue weighted by Crippen LogP contribution is 2.26. The zero-order valence-electron chi connectivity index (χ0n) is 15.8. The molecule has 2 saturated heterocycles. The van der Waals surface area contributed by atoms with Crippen molar-refractivity contribution < 1.29 is 9.53 Å². The largest absolute Gasteiger partial charge is 0.378 e. The quantitative estimate of drug-likeness (QED) is 0.805. The summed E-state index contributed by atoms with van der Waals surface area (Å²) in [7, 11) is 0. The first kappa shape index (κ1) is 18.8. The molecule has 1 amide bonds. The highest BCUT2D eigenvalue weighted by atomic mass is 32.1. The molecular weight excluding hydrogens is 334 g/mol. The van der Waals surface area contributed by atoms with Gasteiger partial charge in [-0.15, -0.1) is 11.3 Å². The lowest BCUT2D eigenvalue weighted by atomic mass is 9.98. The second-order valence-corrected chi connectivity index (χ2v) is 9.08. The summed E-state index contributed by atoms with van der Waals surface area (Å²) in [5.74, 6) is 0.291. The molecule has 2 fully saturated rings. The summed E-state index contributed by atoms with van der Waals surface area (Å²) in [5.41, 5.74) is 1.28. The Morgan fingerprint density at radius 1 is 1.32 bits per heavy atom. The van der Waals surface area contributed by atoms with E-state index in [0.29, 0.717) is 18.4 Å². The minimum atomic E-state index is 0.122. The van der Waals surface area contributed by atoms with E-state index in [1.165, 1.54) is 5.01 Å². The number of hydrogen-bond acceptors (Lipinski definition) is 5. The molecule has 2 aliphatic heterocycles. The van der Waals surface area contributed by atoms with Crippen LogP contribution in [-0.4, -0.2) is 59.6 Å². The van der Waals surface area contributed by atoms with Crippen LogP contribution in [0.2, 0.25) is 0 Å². The van der Waals surface area contributed by atoms with E-state index < -0.39 is 0 Å². The molecule has 0 bridgehead atoms. The zero-order chi connectivity index (χ0) is 17.9. The third kappa shape index (κ3) is 5.25. The molecule has 6 heteroatoms. The van der Waals surface area contributed by atoms with E-state index >= 15 is 0 Å². The summed E-state index contributed by atoms with van der Waals surface area (Å²) < 4.78 is 5.61. The first-order valence-corrected chi connectivity index (χ1v) is 10.4. The van der Waals surface area contributed by atoms with Gasteiger partial charge in [-0.2, -0.15) is 0 Å². The fourth-order valence-corrected chi connectivity index (χ4v) is 4.32. The van der Waals surface area contributed by atoms with Gasteiger partial charge in [-0.25, -0.2) is 4.98 Å². The Morgan fingerprint density at radius 3 is 2.68 bits per heavy atom. The average molecular weight is 366 g/mol. The molecule has 0 N–H and O–H groups in total. The van der Waals surface area contributed by atoms with E-state index in [1.54, 1.807) is 11.3 Å². The van der Waals surface area contributed by atoms with Crippen LogP contribution >= 0.6 is 11.3 Å². The predicted molar refractivity (Wildman–Crippen MR) is 101 cm³/mol. The molecule has 0 radical (unpaired) electrons. The van der Waals surface area contributed by atoms with E-state index in [0.717, 1.165) is 64.3 Å². The SMILES string of the molecule is CC(C)(C)c1nc(CN2CCN(C(=O)CCC3CCCO3)CC2)cs1. The maximum atomic E-state index is 12.4. The van der Waals surface area contributed by atoms with Crippen molar-refractivity contribution in [3.63, 3.8) is 0 Å². The third-order valence-corrected chi connectivity index (χ3v) is 6.32. The summed E-state index contributed by atoms with van der Waals surface area (Å²) in [4.78, 5) is 21.6. The van der Waals surface area contributed by atoms with E-state index in [9.17, 15) is 4.79 Å². The Balaban J connectivity index is 1.40. The molecule has 5 nitrogen and oxygen atoms in total. The smallest absolute Gasteiger partial charge is 0.222 e. The lowest BCUT2D eigenvalue weighted by molar-refractivity contribution is -0.133. The molecule has 1 atom stereocenters. The van der Waals surface area contributed by atoms with Crippen molar-refractivity contribution in [3.05, 3.63) is 16.1 Å². The summed E-state index contributed by atoms with van der Waals surface area (Å²) in [6, 6.07) is 0. The van der Waals surface area contributed by atoms with Crippen LogP contribution in [0.5, 0.6) is 0 Å². The molecule has 25 heavy (non-hydrogen) atoms. The average Bonchev–Trinajstić information content (AvgIpc) is 3.24. The van der Waals surface area contributed by atoms with Crippen molar-refractivity contribution in [3.8, 4) is 0 Å². The summed E-state index contributed by atoms with van der Waals surface area (Å²) >= 11 is 1.75. The first-order valence-electron chi connectivity index (χ1n) is 9.48. The maximum absolute atomic E-state index is 12.4. The number of hydrogen-bond donors (Lipinski definition) is 0. The first-order chi connectivity index (χ1) is 11.9. The minimum Gasteiger partial charge on any atom is -0.378 e. The van der Waals surface area contributed by atoms with Gasteiger partial charge in [-0.3, -0.25) is 9.69 Å². The van der Waals surface area contributed by atoms with Gasteiger partial charge in [0.1, 0.15) is 0 Å². The Bertz CT molecular complexity index is 567. The van der Waals surface area contributed by atoms with Crippen LogP contribution in [0.4, 0.5) is 0 Å². The normalized spacial score (nSPS) is 22.5. The molecule has 1 aromatic rings. The van der Waals surface area contributed by atoms with Crippen molar-refractivity contribution in [1.82, 2.24) is 14.8 Å². The molecule has 2 aliphatic rings. The van der Waals surface area contributed by atoms with Gasteiger partial charge in [0.15, 0.2) is 0 Å². The molecule has 1 aromatic heterocycles. The van der Waals surface area contributed by atoms with Crippen LogP contribution in [0.15, 0.2) is 5.38 Å². The van der Waals surface area contributed by atoms with Crippen molar-refractivity contribution >= 4 is 17.2 Å². The van der Waals surface area contributed by atoms with Crippen molar-refractivity contribution in [1.29, 1.82) is 0 Å². The lowest BCUT2D eigenvalue weighted by Crippen LogP contribution is -2.48. The molecular formula is C19H31N3O2S. The Kier molecular flexibility index (Phi) is 6.12. The number of ether oxygens (including phenoxy) is 1. The van der Waals surface area contributed by atoms with Gasteiger partial charge >= 0.3 is 0 Å². The highest BCUT2D eigenvalue weighted by Gasteiger charge is 2.24. The van der Waals surface area contributed by atoms with E-state index in [-0.39, 0.29) is 5.41 Å². The van der Waals surface area contributed by atoms with Crippen molar-refractivity contribution in [2.75, 3.05) is 32.8 Å². The lowest BCUT2D eigenvalue weighted by Gasteiger charge is -2.34. The molecule has 0 saturated carbocycles. The molecule has 1 unspecified atom stereocenters. The van der Waals surface area contributed by atoms with Crippen LogP contribution in [-0.2, 0) is 21.5 Å². The maximum Gasteiger partial charge on any atom is 0.222 e. The molecule has 3 rings (SSSR count). The second kappa shape index (κ2) is 8.14. The molecule has 140 valence electrons. The van der Waals surface area contributed by atoms with Crippen molar-refractivity contribution in [2.24, 2.45) is 0 Å². The second-order valence-electron chi connectivity index (χ2n) is 8.22. The third-order valence-electron chi connectivity index (χ3n) is 5.01. The number of amides is 1. The van der Waals surface area contributed by atoms with Gasteiger partial charge in [-0.1, -0.05) is 20.8 Å². The number of thiazole rings is 1. The topological polar surface area (TPSA) is 45.7 Å². The standard InChI is InChI=1S/C19H31N3O2S/c1-19(2,3)18-20-15(14-25-18)13-21-8-10-22(11-9-21)17(23)7-6-16-5-4-12-24-16/h14,16H,4-13H2,1-3H3. The Hall–Kier alpha value is -0.980. The van der Waals surface area contributed by atoms with Gasteiger partial charge in [0.25, 0.3) is 0 Å². The van der Waals surface area contributed by atoms with Gasteiger partial charge < -0.3 is 9.64 Å². The number of nitrogens with zero attached hydrogens (tertiary/aromatic N) is 3. The zero-order valence-corrected chi connectivity index (χ0v) is 16.6. The van der Waals surface area contributed by atoms with Gasteiger partial charge in [0, 0.05) is 56.5 Å². The molecule has 3 heterocycles. The number of piperazine rings is 1. The Morgan fingerprint density at radius 2 is 2.08 bits per heavy atom. The molecule has 0 spiro atoms. The summed E-state index contributed by atoms with van der Waals surface area (Å²) in [6.07, 6.45) is 4.09. The van der Waals surface area contributed by atoms with Gasteiger partial charge in [0.05, 0.1) is 16.8 Å². The van der Waals surface area contributed by atoms with Crippen LogP contribution in [0.25, 0.3) is 0 Å². The van der Waals surface area contributed by atoms with Gasteiger partial charge in [0.2, 0.25) is 5.91 Å². The van der Waals surface area contributed by atoms with Gasteiger partial charge in [-0.05, 0) is 19.3 Å². The molecule has 0 aliphatic carbocycles. The number of carbonyl (C=O) groups excluding carboxylic acids is 1. The van der Waals surface area contributed by atoms with E-state index in [4.69, 9.17) is 9.72 Å².